The predicted molar refractivity (Wildman–Crippen MR) is 69.0 cm³/mol. The van der Waals surface area contributed by atoms with Gasteiger partial charge < -0.3 is 4.90 Å². The van der Waals surface area contributed by atoms with E-state index < -0.39 is 0 Å². The van der Waals surface area contributed by atoms with Crippen molar-refractivity contribution in [2.24, 2.45) is 5.41 Å². The molecule has 2 aliphatic heterocycles. The Labute approximate surface area is 96.9 Å². The standard InChI is InChI=1S/C13H19NS/c1-4-11-12(5-2)15-10-13(11)6-8-14(3)9-7-13/h4-5H,1-2,6-10H2,3H3. The van der Waals surface area contributed by atoms with Gasteiger partial charge in [0.1, 0.15) is 0 Å². The Morgan fingerprint density at radius 1 is 1.27 bits per heavy atom. The molecule has 2 heteroatoms. The maximum atomic E-state index is 3.98. The fraction of sp³-hybridized carbons (Fsp3) is 0.538. The third-order valence-electron chi connectivity index (χ3n) is 3.67. The topological polar surface area (TPSA) is 3.24 Å². The van der Waals surface area contributed by atoms with Crippen LogP contribution >= 0.6 is 11.8 Å². The number of nitrogens with zero attached hydrogens (tertiary/aromatic N) is 1. The van der Waals surface area contributed by atoms with Crippen molar-refractivity contribution in [1.82, 2.24) is 4.90 Å². The van der Waals surface area contributed by atoms with Crippen molar-refractivity contribution in [2.45, 2.75) is 12.8 Å². The Morgan fingerprint density at radius 3 is 2.47 bits per heavy atom. The second-order valence-corrected chi connectivity index (χ2v) is 5.58. The zero-order valence-electron chi connectivity index (χ0n) is 9.46. The van der Waals surface area contributed by atoms with Gasteiger partial charge in [0.2, 0.25) is 0 Å². The van der Waals surface area contributed by atoms with Gasteiger partial charge in [-0.05, 0) is 38.6 Å². The molecule has 1 saturated heterocycles. The SMILES string of the molecule is C=CC1=C(C=C)C2(CCN(C)CC2)CS1. The van der Waals surface area contributed by atoms with Crippen molar-refractivity contribution in [3.05, 3.63) is 35.8 Å². The maximum absolute atomic E-state index is 3.98. The van der Waals surface area contributed by atoms with Gasteiger partial charge in [-0.15, -0.1) is 11.8 Å². The summed E-state index contributed by atoms with van der Waals surface area (Å²) in [6, 6.07) is 0. The number of thioether (sulfide) groups is 1. The lowest BCUT2D eigenvalue weighted by atomic mass is 9.74. The van der Waals surface area contributed by atoms with E-state index in [1.54, 1.807) is 0 Å². The van der Waals surface area contributed by atoms with Gasteiger partial charge in [0.15, 0.2) is 0 Å². The van der Waals surface area contributed by atoms with Crippen LogP contribution in [0, 0.1) is 5.41 Å². The van der Waals surface area contributed by atoms with Crippen LogP contribution in [0.25, 0.3) is 0 Å². The van der Waals surface area contributed by atoms with Crippen LogP contribution in [-0.2, 0) is 0 Å². The summed E-state index contributed by atoms with van der Waals surface area (Å²) in [6.07, 6.45) is 6.60. The molecule has 1 nitrogen and oxygen atoms in total. The van der Waals surface area contributed by atoms with Crippen LogP contribution in [-0.4, -0.2) is 30.8 Å². The molecule has 15 heavy (non-hydrogen) atoms. The van der Waals surface area contributed by atoms with Crippen LogP contribution in [0.2, 0.25) is 0 Å². The number of piperidine rings is 1. The number of allylic oxidation sites excluding steroid dienone is 3. The minimum atomic E-state index is 0.405. The zero-order valence-corrected chi connectivity index (χ0v) is 10.3. The van der Waals surface area contributed by atoms with E-state index in [0.29, 0.717) is 5.41 Å². The second kappa shape index (κ2) is 4.18. The predicted octanol–water partition coefficient (Wildman–Crippen LogP) is 3.07. The summed E-state index contributed by atoms with van der Waals surface area (Å²) in [5.74, 6) is 1.23. The molecule has 0 aliphatic carbocycles. The van der Waals surface area contributed by atoms with Crippen molar-refractivity contribution in [1.29, 1.82) is 0 Å². The average molecular weight is 221 g/mol. The molecule has 82 valence electrons. The first kappa shape index (κ1) is 11.0. The van der Waals surface area contributed by atoms with Gasteiger partial charge in [0.05, 0.1) is 0 Å². The lowest BCUT2D eigenvalue weighted by Gasteiger charge is -2.38. The lowest BCUT2D eigenvalue weighted by molar-refractivity contribution is 0.179. The summed E-state index contributed by atoms with van der Waals surface area (Å²) < 4.78 is 0. The number of hydrogen-bond acceptors (Lipinski definition) is 2. The summed E-state index contributed by atoms with van der Waals surface area (Å²) >= 11 is 1.95. The van der Waals surface area contributed by atoms with Crippen molar-refractivity contribution in [3.63, 3.8) is 0 Å². The summed E-state index contributed by atoms with van der Waals surface area (Å²) in [5, 5.41) is 0. The zero-order chi connectivity index (χ0) is 10.9. The molecule has 0 unspecified atom stereocenters. The average Bonchev–Trinajstić information content (AvgIpc) is 2.61. The van der Waals surface area contributed by atoms with Gasteiger partial charge >= 0.3 is 0 Å². The first-order valence-corrected chi connectivity index (χ1v) is 6.51. The van der Waals surface area contributed by atoms with Gasteiger partial charge in [0.25, 0.3) is 0 Å². The van der Waals surface area contributed by atoms with Crippen LogP contribution in [0.4, 0.5) is 0 Å². The molecule has 1 spiro atoms. The van der Waals surface area contributed by atoms with Crippen LogP contribution in [0.3, 0.4) is 0 Å². The minimum Gasteiger partial charge on any atom is -0.306 e. The molecular formula is C13H19NS. The Kier molecular flexibility index (Phi) is 3.08. The molecule has 2 rings (SSSR count). The highest BCUT2D eigenvalue weighted by Gasteiger charge is 2.40. The highest BCUT2D eigenvalue weighted by molar-refractivity contribution is 8.03. The van der Waals surface area contributed by atoms with Gasteiger partial charge in [0, 0.05) is 16.1 Å². The second-order valence-electron chi connectivity index (χ2n) is 4.56. The molecule has 0 aromatic carbocycles. The molecule has 2 aliphatic rings. The summed E-state index contributed by atoms with van der Waals surface area (Å²) in [4.78, 5) is 3.78. The first-order valence-electron chi connectivity index (χ1n) is 5.53. The van der Waals surface area contributed by atoms with E-state index in [4.69, 9.17) is 0 Å². The van der Waals surface area contributed by atoms with E-state index in [-0.39, 0.29) is 0 Å². The fourth-order valence-electron chi connectivity index (χ4n) is 2.58. The lowest BCUT2D eigenvalue weighted by Crippen LogP contribution is -2.39. The highest BCUT2D eigenvalue weighted by atomic mass is 32.2. The quantitative estimate of drug-likeness (QED) is 0.705. The molecule has 0 radical (unpaired) electrons. The maximum Gasteiger partial charge on any atom is 0.0104 e. The van der Waals surface area contributed by atoms with E-state index in [2.05, 4.69) is 31.2 Å². The van der Waals surface area contributed by atoms with Crippen LogP contribution in [0.1, 0.15) is 12.8 Å². The number of rotatable bonds is 2. The number of hydrogen-bond donors (Lipinski definition) is 0. The monoisotopic (exact) mass is 221 g/mol. The Morgan fingerprint density at radius 2 is 1.93 bits per heavy atom. The minimum absolute atomic E-state index is 0.405. The summed E-state index contributed by atoms with van der Waals surface area (Å²) in [7, 11) is 2.21. The smallest absolute Gasteiger partial charge is 0.0104 e. The van der Waals surface area contributed by atoms with Gasteiger partial charge in [-0.1, -0.05) is 25.3 Å². The van der Waals surface area contributed by atoms with Crippen LogP contribution < -0.4 is 0 Å². The van der Waals surface area contributed by atoms with E-state index in [9.17, 15) is 0 Å². The molecule has 0 saturated carbocycles. The molecule has 0 N–H and O–H groups in total. The highest BCUT2D eigenvalue weighted by Crippen LogP contribution is 2.51. The molecule has 2 heterocycles. The molecule has 1 fully saturated rings. The Bertz CT molecular complexity index is 308. The van der Waals surface area contributed by atoms with E-state index in [1.165, 1.54) is 42.2 Å². The van der Waals surface area contributed by atoms with Gasteiger partial charge in [-0.25, -0.2) is 0 Å². The van der Waals surface area contributed by atoms with E-state index in [0.717, 1.165) is 0 Å². The van der Waals surface area contributed by atoms with Crippen molar-refractivity contribution < 1.29 is 0 Å². The molecule has 0 aromatic heterocycles. The third kappa shape index (κ3) is 1.81. The third-order valence-corrected chi connectivity index (χ3v) is 5.07. The largest absolute Gasteiger partial charge is 0.306 e. The summed E-state index contributed by atoms with van der Waals surface area (Å²) in [5.41, 5.74) is 1.86. The Hall–Kier alpha value is -0.470. The fourth-order valence-corrected chi connectivity index (χ4v) is 4.03. The summed E-state index contributed by atoms with van der Waals surface area (Å²) in [6.45, 7) is 10.3. The van der Waals surface area contributed by atoms with E-state index in [1.807, 2.05) is 17.8 Å². The molecule has 0 bridgehead atoms. The molecular weight excluding hydrogens is 202 g/mol. The van der Waals surface area contributed by atoms with Crippen LogP contribution in [0.15, 0.2) is 35.8 Å². The Balaban J connectivity index is 2.26. The molecule has 0 amide bonds. The van der Waals surface area contributed by atoms with Gasteiger partial charge in [-0.3, -0.25) is 0 Å². The molecule has 0 atom stereocenters. The van der Waals surface area contributed by atoms with Crippen molar-refractivity contribution >= 4 is 11.8 Å². The van der Waals surface area contributed by atoms with Crippen LogP contribution in [0.5, 0.6) is 0 Å². The van der Waals surface area contributed by atoms with Crippen molar-refractivity contribution in [2.75, 3.05) is 25.9 Å². The van der Waals surface area contributed by atoms with E-state index >= 15 is 0 Å². The molecule has 0 aromatic rings. The van der Waals surface area contributed by atoms with Crippen molar-refractivity contribution in [3.8, 4) is 0 Å². The van der Waals surface area contributed by atoms with Gasteiger partial charge in [-0.2, -0.15) is 0 Å². The normalized spacial score (nSPS) is 25.9. The number of likely N-dealkylation sites (tertiary alicyclic amines) is 1. The first-order chi connectivity index (χ1) is 7.22.